The van der Waals surface area contributed by atoms with E-state index >= 15 is 0 Å². The van der Waals surface area contributed by atoms with Gasteiger partial charge in [-0.25, -0.2) is 0 Å². The number of benzene rings is 1. The number of nitrogens with zero attached hydrogens (tertiary/aromatic N) is 3. The Morgan fingerprint density at radius 3 is 2.85 bits per heavy atom. The molecule has 2 aromatic heterocycles. The van der Waals surface area contributed by atoms with Crippen molar-refractivity contribution in [2.45, 2.75) is 19.1 Å². The van der Waals surface area contributed by atoms with Gasteiger partial charge in [-0.3, -0.25) is 14.7 Å². The Balaban J connectivity index is 1.46. The summed E-state index contributed by atoms with van der Waals surface area (Å²) >= 11 is 0. The first-order valence-corrected chi connectivity index (χ1v) is 9.00. The van der Waals surface area contributed by atoms with Crippen LogP contribution in [0.15, 0.2) is 59.5 Å². The second kappa shape index (κ2) is 7.02. The smallest absolute Gasteiger partial charge is 0.254 e. The van der Waals surface area contributed by atoms with Crippen molar-refractivity contribution in [2.24, 2.45) is 13.0 Å². The second-order valence-electron chi connectivity index (χ2n) is 7.17. The normalized spacial score (nSPS) is 20.7. The SMILES string of the molecule is Cn1cccc(CN2C[C@@H](Cc3ccc4ccccc4n3)[C@H](O)C2)c1=O. The molecule has 0 saturated carbocycles. The quantitative estimate of drug-likeness (QED) is 0.782. The monoisotopic (exact) mass is 349 g/mol. The molecule has 0 bridgehead atoms. The summed E-state index contributed by atoms with van der Waals surface area (Å²) in [4.78, 5) is 19.1. The van der Waals surface area contributed by atoms with Crippen LogP contribution in [-0.4, -0.2) is 38.8 Å². The Hall–Kier alpha value is -2.50. The van der Waals surface area contributed by atoms with Crippen LogP contribution >= 0.6 is 0 Å². The molecule has 0 unspecified atom stereocenters. The van der Waals surface area contributed by atoms with Gasteiger partial charge < -0.3 is 9.67 Å². The van der Waals surface area contributed by atoms with Gasteiger partial charge in [0.2, 0.25) is 0 Å². The number of aliphatic hydroxyl groups excluding tert-OH is 1. The van der Waals surface area contributed by atoms with Crippen LogP contribution in [0.5, 0.6) is 0 Å². The highest BCUT2D eigenvalue weighted by atomic mass is 16.3. The number of rotatable bonds is 4. The third-order valence-electron chi connectivity index (χ3n) is 5.21. The van der Waals surface area contributed by atoms with Gasteiger partial charge in [-0.2, -0.15) is 0 Å². The van der Waals surface area contributed by atoms with Gasteiger partial charge in [0.1, 0.15) is 0 Å². The zero-order valence-electron chi connectivity index (χ0n) is 14.9. The fourth-order valence-electron chi connectivity index (χ4n) is 3.78. The summed E-state index contributed by atoms with van der Waals surface area (Å²) in [5, 5.41) is 11.6. The number of aromatic nitrogens is 2. The van der Waals surface area contributed by atoms with E-state index in [1.165, 1.54) is 0 Å². The molecule has 1 aliphatic rings. The summed E-state index contributed by atoms with van der Waals surface area (Å²) in [5.74, 6) is 0.135. The molecule has 1 fully saturated rings. The molecule has 2 atom stereocenters. The van der Waals surface area contributed by atoms with Gasteiger partial charge in [0.15, 0.2) is 0 Å². The first kappa shape index (κ1) is 16.9. The van der Waals surface area contributed by atoms with E-state index in [1.54, 1.807) is 17.8 Å². The maximum atomic E-state index is 12.2. The molecular weight excluding hydrogens is 326 g/mol. The molecule has 0 spiro atoms. The largest absolute Gasteiger partial charge is 0.391 e. The van der Waals surface area contributed by atoms with Crippen LogP contribution in [0, 0.1) is 5.92 Å². The van der Waals surface area contributed by atoms with Crippen LogP contribution in [0.4, 0.5) is 0 Å². The number of β-amino-alcohol motifs (C(OH)–C–C–N with tert-alkyl or cyclic N) is 1. The molecule has 3 aromatic rings. The summed E-state index contributed by atoms with van der Waals surface area (Å²) in [7, 11) is 1.76. The van der Waals surface area contributed by atoms with Crippen molar-refractivity contribution in [1.82, 2.24) is 14.5 Å². The maximum Gasteiger partial charge on any atom is 0.254 e. The fourth-order valence-corrected chi connectivity index (χ4v) is 3.78. The minimum Gasteiger partial charge on any atom is -0.391 e. The Morgan fingerprint density at radius 2 is 1.96 bits per heavy atom. The lowest BCUT2D eigenvalue weighted by atomic mass is 9.99. The molecule has 0 aliphatic carbocycles. The van der Waals surface area contributed by atoms with E-state index in [9.17, 15) is 9.90 Å². The number of hydrogen-bond acceptors (Lipinski definition) is 4. The van der Waals surface area contributed by atoms with E-state index in [0.29, 0.717) is 13.1 Å². The Kier molecular flexibility index (Phi) is 4.57. The standard InChI is InChI=1S/C21H23N3O2/c1-23-10-4-6-16(21(23)26)12-24-13-17(20(25)14-24)11-18-9-8-15-5-2-3-7-19(15)22-18/h2-10,17,20,25H,11-14H2,1H3/t17-,20-/m1/s1. The lowest BCUT2D eigenvalue weighted by Crippen LogP contribution is -2.28. The second-order valence-corrected chi connectivity index (χ2v) is 7.17. The molecule has 1 aromatic carbocycles. The van der Waals surface area contributed by atoms with Crippen LogP contribution in [-0.2, 0) is 20.0 Å². The van der Waals surface area contributed by atoms with Crippen LogP contribution in [0.25, 0.3) is 10.9 Å². The highest BCUT2D eigenvalue weighted by molar-refractivity contribution is 5.78. The number of likely N-dealkylation sites (tertiary alicyclic amines) is 1. The lowest BCUT2D eigenvalue weighted by molar-refractivity contribution is 0.140. The summed E-state index contributed by atoms with van der Waals surface area (Å²) in [6, 6.07) is 16.0. The van der Waals surface area contributed by atoms with E-state index in [4.69, 9.17) is 4.98 Å². The van der Waals surface area contributed by atoms with Crippen molar-refractivity contribution >= 4 is 10.9 Å². The average Bonchev–Trinajstić information content (AvgIpc) is 2.98. The van der Waals surface area contributed by atoms with Gasteiger partial charge in [0.05, 0.1) is 11.6 Å². The number of pyridine rings is 2. The molecule has 26 heavy (non-hydrogen) atoms. The molecule has 5 heteroatoms. The van der Waals surface area contributed by atoms with Crippen molar-refractivity contribution < 1.29 is 5.11 Å². The highest BCUT2D eigenvalue weighted by Gasteiger charge is 2.31. The van der Waals surface area contributed by atoms with Crippen molar-refractivity contribution in [2.75, 3.05) is 13.1 Å². The van der Waals surface area contributed by atoms with E-state index < -0.39 is 6.10 Å². The zero-order chi connectivity index (χ0) is 18.1. The van der Waals surface area contributed by atoms with Gasteiger partial charge in [0.25, 0.3) is 5.56 Å². The van der Waals surface area contributed by atoms with Crippen LogP contribution in [0.3, 0.4) is 0 Å². The molecule has 3 heterocycles. The summed E-state index contributed by atoms with van der Waals surface area (Å²) < 4.78 is 1.60. The predicted octanol–water partition coefficient (Wildman–Crippen LogP) is 1.97. The van der Waals surface area contributed by atoms with Gasteiger partial charge in [0, 0.05) is 55.4 Å². The summed E-state index contributed by atoms with van der Waals surface area (Å²) in [5.41, 5.74) is 2.79. The van der Waals surface area contributed by atoms with E-state index in [-0.39, 0.29) is 11.5 Å². The Morgan fingerprint density at radius 1 is 1.12 bits per heavy atom. The van der Waals surface area contributed by atoms with Gasteiger partial charge in [-0.15, -0.1) is 0 Å². The molecule has 4 rings (SSSR count). The number of aryl methyl sites for hydroxylation is 1. The molecule has 0 radical (unpaired) electrons. The molecule has 0 amide bonds. The first-order chi connectivity index (χ1) is 12.6. The van der Waals surface area contributed by atoms with E-state index in [2.05, 4.69) is 17.0 Å². The maximum absolute atomic E-state index is 12.2. The molecule has 134 valence electrons. The zero-order valence-corrected chi connectivity index (χ0v) is 14.9. The fraction of sp³-hybridized carbons (Fsp3) is 0.333. The van der Waals surface area contributed by atoms with Crippen molar-refractivity contribution in [1.29, 1.82) is 0 Å². The molecular formula is C21H23N3O2. The van der Waals surface area contributed by atoms with Crippen molar-refractivity contribution in [3.05, 3.63) is 76.3 Å². The number of para-hydroxylation sites is 1. The molecule has 1 saturated heterocycles. The van der Waals surface area contributed by atoms with Crippen LogP contribution in [0.1, 0.15) is 11.3 Å². The van der Waals surface area contributed by atoms with Gasteiger partial charge in [-0.1, -0.05) is 30.3 Å². The van der Waals surface area contributed by atoms with Crippen molar-refractivity contribution in [3.63, 3.8) is 0 Å². The summed E-state index contributed by atoms with van der Waals surface area (Å²) in [6.07, 6.45) is 2.12. The van der Waals surface area contributed by atoms with Crippen LogP contribution < -0.4 is 5.56 Å². The van der Waals surface area contributed by atoms with E-state index in [1.807, 2.05) is 36.4 Å². The third-order valence-corrected chi connectivity index (χ3v) is 5.21. The van der Waals surface area contributed by atoms with Crippen LogP contribution in [0.2, 0.25) is 0 Å². The number of fused-ring (bicyclic) bond motifs is 1. The van der Waals surface area contributed by atoms with E-state index in [0.717, 1.165) is 35.1 Å². The third kappa shape index (κ3) is 3.41. The van der Waals surface area contributed by atoms with Gasteiger partial charge in [-0.05, 0) is 24.6 Å². The number of hydrogen-bond donors (Lipinski definition) is 1. The average molecular weight is 349 g/mol. The predicted molar refractivity (Wildman–Crippen MR) is 102 cm³/mol. The highest BCUT2D eigenvalue weighted by Crippen LogP contribution is 2.23. The van der Waals surface area contributed by atoms with Gasteiger partial charge >= 0.3 is 0 Å². The minimum atomic E-state index is -0.393. The summed E-state index contributed by atoms with van der Waals surface area (Å²) in [6.45, 7) is 1.94. The Bertz CT molecular complexity index is 982. The Labute approximate surface area is 152 Å². The molecule has 1 aliphatic heterocycles. The minimum absolute atomic E-state index is 0.0293. The lowest BCUT2D eigenvalue weighted by Gasteiger charge is -2.15. The first-order valence-electron chi connectivity index (χ1n) is 9.00. The number of aliphatic hydroxyl groups is 1. The molecule has 1 N–H and O–H groups in total. The topological polar surface area (TPSA) is 58.4 Å². The molecule has 5 nitrogen and oxygen atoms in total. The van der Waals surface area contributed by atoms with Crippen molar-refractivity contribution in [3.8, 4) is 0 Å².